The lowest BCUT2D eigenvalue weighted by molar-refractivity contribution is -0.120. The van der Waals surface area contributed by atoms with Crippen LogP contribution in [-0.2, 0) is 4.79 Å². The molecule has 5 heteroatoms. The van der Waals surface area contributed by atoms with Gasteiger partial charge in [-0.2, -0.15) is 0 Å². The highest BCUT2D eigenvalue weighted by Gasteiger charge is 2.26. The number of amides is 1. The van der Waals surface area contributed by atoms with Gasteiger partial charge >= 0.3 is 0 Å². The summed E-state index contributed by atoms with van der Waals surface area (Å²) in [4.78, 5) is 11.4. The van der Waals surface area contributed by atoms with Crippen LogP contribution in [0.3, 0.4) is 0 Å². The van der Waals surface area contributed by atoms with Crippen molar-refractivity contribution in [3.63, 3.8) is 0 Å². The normalized spacial score (nSPS) is 26.6. The molecule has 2 aliphatic heterocycles. The maximum absolute atomic E-state index is 11.4. The van der Waals surface area contributed by atoms with Gasteiger partial charge in [0.05, 0.1) is 0 Å². The summed E-state index contributed by atoms with van der Waals surface area (Å²) < 4.78 is 10.7. The zero-order chi connectivity index (χ0) is 12.5. The molecule has 1 aromatic rings. The molecule has 0 spiro atoms. The van der Waals surface area contributed by atoms with Crippen molar-refractivity contribution >= 4 is 5.91 Å². The number of nitrogens with one attached hydrogen (secondary N) is 1. The van der Waals surface area contributed by atoms with E-state index in [1.165, 1.54) is 0 Å². The summed E-state index contributed by atoms with van der Waals surface area (Å²) in [6.45, 7) is 0.853. The molecule has 0 radical (unpaired) electrons. The van der Waals surface area contributed by atoms with Crippen LogP contribution < -0.4 is 20.5 Å². The second-order valence-electron chi connectivity index (χ2n) is 4.73. The Bertz CT molecular complexity index is 475. The first-order valence-electron chi connectivity index (χ1n) is 6.16. The summed E-state index contributed by atoms with van der Waals surface area (Å²) in [5.74, 6) is 1.74. The predicted molar refractivity (Wildman–Crippen MR) is 65.5 cm³/mol. The maximum atomic E-state index is 11.4. The van der Waals surface area contributed by atoms with E-state index in [1.54, 1.807) is 0 Å². The van der Waals surface area contributed by atoms with Crippen molar-refractivity contribution < 1.29 is 14.3 Å². The number of carbonyl (C=O) groups excluding carboxylic acids is 1. The molecule has 2 atom stereocenters. The van der Waals surface area contributed by atoms with Crippen LogP contribution in [0.1, 0.15) is 24.3 Å². The summed E-state index contributed by atoms with van der Waals surface area (Å²) in [5, 5.41) is 2.90. The third kappa shape index (κ3) is 2.01. The first kappa shape index (κ1) is 11.3. The molecule has 96 valence electrons. The van der Waals surface area contributed by atoms with E-state index in [0.29, 0.717) is 19.4 Å². The Morgan fingerprint density at radius 3 is 3.00 bits per heavy atom. The summed E-state index contributed by atoms with van der Waals surface area (Å²) in [5.41, 5.74) is 7.25. The van der Waals surface area contributed by atoms with Gasteiger partial charge in [-0.05, 0) is 24.1 Å². The largest absolute Gasteiger partial charge is 0.454 e. The fraction of sp³-hybridized carbons (Fsp3) is 0.462. The number of carbonyl (C=O) groups is 1. The number of rotatable bonds is 1. The molecule has 1 amide bonds. The molecule has 1 saturated heterocycles. The minimum Gasteiger partial charge on any atom is -0.454 e. The van der Waals surface area contributed by atoms with Crippen molar-refractivity contribution in [2.75, 3.05) is 13.3 Å². The van der Waals surface area contributed by atoms with Crippen molar-refractivity contribution in [3.8, 4) is 11.5 Å². The number of fused-ring (bicyclic) bond motifs is 1. The van der Waals surface area contributed by atoms with Gasteiger partial charge < -0.3 is 20.5 Å². The smallest absolute Gasteiger partial charge is 0.231 e. The van der Waals surface area contributed by atoms with E-state index < -0.39 is 0 Å². The van der Waals surface area contributed by atoms with Crippen LogP contribution in [0.15, 0.2) is 18.2 Å². The summed E-state index contributed by atoms with van der Waals surface area (Å²) in [6, 6.07) is 5.85. The molecule has 2 heterocycles. The Balaban J connectivity index is 1.86. The Morgan fingerprint density at radius 2 is 2.11 bits per heavy atom. The topological polar surface area (TPSA) is 73.6 Å². The summed E-state index contributed by atoms with van der Waals surface area (Å²) in [6.07, 6.45) is 1.22. The van der Waals surface area contributed by atoms with Crippen LogP contribution in [0, 0.1) is 0 Å². The van der Waals surface area contributed by atoms with E-state index in [4.69, 9.17) is 15.2 Å². The molecule has 2 unspecified atom stereocenters. The van der Waals surface area contributed by atoms with Crippen molar-refractivity contribution in [2.24, 2.45) is 5.73 Å². The molecule has 3 N–H and O–H groups in total. The Labute approximate surface area is 105 Å². The van der Waals surface area contributed by atoms with E-state index >= 15 is 0 Å². The number of nitrogens with two attached hydrogens (primary N) is 1. The Hall–Kier alpha value is -1.75. The third-order valence-corrected chi connectivity index (χ3v) is 3.57. The van der Waals surface area contributed by atoms with Gasteiger partial charge in [0.25, 0.3) is 0 Å². The molecule has 5 nitrogen and oxygen atoms in total. The van der Waals surface area contributed by atoms with Crippen LogP contribution in [-0.4, -0.2) is 25.3 Å². The third-order valence-electron chi connectivity index (χ3n) is 3.57. The van der Waals surface area contributed by atoms with Crippen molar-refractivity contribution in [1.82, 2.24) is 5.32 Å². The highest BCUT2D eigenvalue weighted by Crippen LogP contribution is 2.35. The number of benzene rings is 1. The van der Waals surface area contributed by atoms with Crippen LogP contribution in [0.25, 0.3) is 0 Å². The summed E-state index contributed by atoms with van der Waals surface area (Å²) >= 11 is 0. The predicted octanol–water partition coefficient (Wildman–Crippen LogP) is 0.736. The van der Waals surface area contributed by atoms with Gasteiger partial charge in [0.15, 0.2) is 11.5 Å². The van der Waals surface area contributed by atoms with Gasteiger partial charge in [-0.15, -0.1) is 0 Å². The van der Waals surface area contributed by atoms with Gasteiger partial charge in [0.2, 0.25) is 12.7 Å². The molecule has 0 aliphatic carbocycles. The van der Waals surface area contributed by atoms with Crippen molar-refractivity contribution in [1.29, 1.82) is 0 Å². The molecule has 0 bridgehead atoms. The van der Waals surface area contributed by atoms with Gasteiger partial charge in [-0.1, -0.05) is 6.07 Å². The first-order valence-corrected chi connectivity index (χ1v) is 6.16. The minimum atomic E-state index is -0.00989. The van der Waals surface area contributed by atoms with E-state index in [1.807, 2.05) is 18.2 Å². The first-order chi connectivity index (χ1) is 8.74. The highest BCUT2D eigenvalue weighted by molar-refractivity contribution is 5.76. The van der Waals surface area contributed by atoms with Crippen molar-refractivity contribution in [3.05, 3.63) is 23.8 Å². The van der Waals surface area contributed by atoms with Gasteiger partial charge in [0.1, 0.15) is 0 Å². The molecule has 0 aromatic heterocycles. The lowest BCUT2D eigenvalue weighted by atomic mass is 9.90. The number of ether oxygens (including phenoxy) is 2. The van der Waals surface area contributed by atoms with Gasteiger partial charge in [-0.25, -0.2) is 0 Å². The van der Waals surface area contributed by atoms with Crippen LogP contribution >= 0.6 is 0 Å². The molecule has 2 aliphatic rings. The van der Waals surface area contributed by atoms with Crippen molar-refractivity contribution in [2.45, 2.75) is 24.8 Å². The lowest BCUT2D eigenvalue weighted by Crippen LogP contribution is -2.32. The number of hydrogen-bond acceptors (Lipinski definition) is 4. The monoisotopic (exact) mass is 248 g/mol. The fourth-order valence-corrected chi connectivity index (χ4v) is 2.47. The Kier molecular flexibility index (Phi) is 2.83. The highest BCUT2D eigenvalue weighted by atomic mass is 16.7. The molecule has 18 heavy (non-hydrogen) atoms. The zero-order valence-corrected chi connectivity index (χ0v) is 10.0. The van der Waals surface area contributed by atoms with Gasteiger partial charge in [0, 0.05) is 24.9 Å². The van der Waals surface area contributed by atoms with Crippen LogP contribution in [0.4, 0.5) is 0 Å². The lowest BCUT2D eigenvalue weighted by Gasteiger charge is -2.21. The SMILES string of the molecule is NC1CCC(=O)NCC1c1ccc2c(c1)OCO2. The molecular weight excluding hydrogens is 232 g/mol. The quantitative estimate of drug-likeness (QED) is 0.768. The average molecular weight is 248 g/mol. The van der Waals surface area contributed by atoms with Gasteiger partial charge in [-0.3, -0.25) is 4.79 Å². The minimum absolute atomic E-state index is 0.00989. The standard InChI is InChI=1S/C13H16N2O3/c14-10-2-4-13(16)15-6-9(10)8-1-3-11-12(5-8)18-7-17-11/h1,3,5,9-10H,2,4,6-7,14H2,(H,15,16). The second-order valence-corrected chi connectivity index (χ2v) is 4.73. The molecule has 3 rings (SSSR count). The number of hydrogen-bond donors (Lipinski definition) is 2. The second kappa shape index (κ2) is 4.49. The van der Waals surface area contributed by atoms with E-state index in [9.17, 15) is 4.79 Å². The molecule has 1 aromatic carbocycles. The molecule has 0 saturated carbocycles. The van der Waals surface area contributed by atoms with E-state index in [-0.39, 0.29) is 24.7 Å². The Morgan fingerprint density at radius 1 is 1.28 bits per heavy atom. The van der Waals surface area contributed by atoms with Crippen LogP contribution in [0.2, 0.25) is 0 Å². The molecule has 1 fully saturated rings. The van der Waals surface area contributed by atoms with E-state index in [2.05, 4.69) is 5.32 Å². The summed E-state index contributed by atoms with van der Waals surface area (Å²) in [7, 11) is 0. The average Bonchev–Trinajstić information content (AvgIpc) is 2.77. The van der Waals surface area contributed by atoms with Crippen LogP contribution in [0.5, 0.6) is 11.5 Å². The maximum Gasteiger partial charge on any atom is 0.231 e. The van der Waals surface area contributed by atoms with E-state index in [0.717, 1.165) is 17.1 Å². The zero-order valence-electron chi connectivity index (χ0n) is 10.0. The molecular formula is C13H16N2O3. The fourth-order valence-electron chi connectivity index (χ4n) is 2.47.